The number of amides is 1. The van der Waals surface area contributed by atoms with Crippen LogP contribution in [0.3, 0.4) is 0 Å². The Labute approximate surface area is 170 Å². The lowest BCUT2D eigenvalue weighted by Gasteiger charge is -2.24. The van der Waals surface area contributed by atoms with Crippen molar-refractivity contribution >= 4 is 28.2 Å². The zero-order chi connectivity index (χ0) is 20.2. The maximum Gasteiger partial charge on any atom is 0.275 e. The zero-order valence-corrected chi connectivity index (χ0v) is 16.8. The number of rotatable bonds is 4. The van der Waals surface area contributed by atoms with E-state index in [4.69, 9.17) is 0 Å². The van der Waals surface area contributed by atoms with Crippen LogP contribution < -0.4 is 15.4 Å². The van der Waals surface area contributed by atoms with Crippen molar-refractivity contribution in [2.45, 2.75) is 32.2 Å². The molecule has 2 aromatic carbocycles. The highest BCUT2D eigenvalue weighted by Gasteiger charge is 2.20. The van der Waals surface area contributed by atoms with E-state index in [-0.39, 0.29) is 18.0 Å². The van der Waals surface area contributed by atoms with E-state index in [1.165, 1.54) is 17.5 Å². The van der Waals surface area contributed by atoms with Gasteiger partial charge in [-0.1, -0.05) is 49.2 Å². The Morgan fingerprint density at radius 3 is 2.24 bits per heavy atom. The molecule has 1 aliphatic rings. The third-order valence-corrected chi connectivity index (χ3v) is 5.56. The number of nitrogens with zero attached hydrogens (tertiary/aromatic N) is 4. The number of fused-ring (bicyclic) bond motifs is 1. The molecule has 1 saturated heterocycles. The molecule has 0 bridgehead atoms. The molecule has 1 fully saturated rings. The summed E-state index contributed by atoms with van der Waals surface area (Å²) < 4.78 is 1.32. The van der Waals surface area contributed by atoms with E-state index in [2.05, 4.69) is 10.00 Å². The molecule has 29 heavy (non-hydrogen) atoms. The first-order valence-corrected chi connectivity index (χ1v) is 10.2. The molecule has 2 heterocycles. The molecule has 0 spiro atoms. The predicted octanol–water partition coefficient (Wildman–Crippen LogP) is 3.44. The van der Waals surface area contributed by atoms with Crippen LogP contribution in [0.15, 0.2) is 59.4 Å². The molecule has 0 N–H and O–H groups in total. The van der Waals surface area contributed by atoms with Gasteiger partial charge in [0.1, 0.15) is 6.54 Å². The minimum Gasteiger partial charge on any atom is -0.355 e. The largest absolute Gasteiger partial charge is 0.355 e. The Balaban J connectivity index is 1.71. The molecule has 6 nitrogen and oxygen atoms in total. The Kier molecular flexibility index (Phi) is 5.60. The third kappa shape index (κ3) is 4.01. The fraction of sp³-hybridized carbons (Fsp3) is 0.348. The molecule has 0 aliphatic carbocycles. The van der Waals surface area contributed by atoms with Gasteiger partial charge in [-0.05, 0) is 31.0 Å². The molecular formula is C23H26N4O2. The van der Waals surface area contributed by atoms with E-state index in [0.717, 1.165) is 42.8 Å². The molecule has 1 amide bonds. The number of carbonyl (C=O) groups is 1. The highest BCUT2D eigenvalue weighted by molar-refractivity contribution is 5.94. The van der Waals surface area contributed by atoms with Gasteiger partial charge >= 0.3 is 0 Å². The molecule has 150 valence electrons. The van der Waals surface area contributed by atoms with Gasteiger partial charge in [0.05, 0.1) is 5.39 Å². The monoisotopic (exact) mass is 390 g/mol. The SMILES string of the molecule is CN(C(=O)Cn1nc(N2CCCCCC2)c2ccccc2c1=O)c1ccccc1. The number of aromatic nitrogens is 2. The molecular weight excluding hydrogens is 364 g/mol. The van der Waals surface area contributed by atoms with Gasteiger partial charge in [-0.15, -0.1) is 0 Å². The standard InChI is InChI=1S/C23H26N4O2/c1-25(18-11-5-4-6-12-18)21(28)17-27-23(29)20-14-8-7-13-19(20)22(24-27)26-15-9-2-3-10-16-26/h4-8,11-14H,2-3,9-10,15-17H2,1H3. The van der Waals surface area contributed by atoms with Crippen molar-refractivity contribution < 1.29 is 4.79 Å². The van der Waals surface area contributed by atoms with Gasteiger partial charge in [-0.25, -0.2) is 4.68 Å². The van der Waals surface area contributed by atoms with E-state index in [0.29, 0.717) is 5.39 Å². The number of hydrogen-bond acceptors (Lipinski definition) is 4. The second kappa shape index (κ2) is 8.47. The average molecular weight is 390 g/mol. The minimum atomic E-state index is -0.228. The molecule has 0 saturated carbocycles. The van der Waals surface area contributed by atoms with E-state index in [1.54, 1.807) is 11.9 Å². The van der Waals surface area contributed by atoms with Crippen LogP contribution in [0.2, 0.25) is 0 Å². The number of para-hydroxylation sites is 1. The zero-order valence-electron chi connectivity index (χ0n) is 16.8. The summed E-state index contributed by atoms with van der Waals surface area (Å²) in [7, 11) is 1.72. The summed E-state index contributed by atoms with van der Waals surface area (Å²) in [5.74, 6) is 0.625. The van der Waals surface area contributed by atoms with Crippen LogP contribution in [0.25, 0.3) is 10.8 Å². The first-order valence-electron chi connectivity index (χ1n) is 10.2. The Bertz CT molecular complexity index is 1050. The van der Waals surface area contributed by atoms with Crippen molar-refractivity contribution in [3.05, 3.63) is 65.0 Å². The fourth-order valence-corrected chi connectivity index (χ4v) is 3.87. The number of anilines is 2. The summed E-state index contributed by atoms with van der Waals surface area (Å²) in [4.78, 5) is 29.7. The van der Waals surface area contributed by atoms with Crippen molar-refractivity contribution in [1.82, 2.24) is 9.78 Å². The van der Waals surface area contributed by atoms with Crippen molar-refractivity contribution in [3.8, 4) is 0 Å². The van der Waals surface area contributed by atoms with Gasteiger partial charge < -0.3 is 9.80 Å². The number of likely N-dealkylation sites (N-methyl/N-ethyl adjacent to an activating group) is 1. The first-order chi connectivity index (χ1) is 14.1. The number of benzene rings is 2. The second-order valence-electron chi connectivity index (χ2n) is 7.52. The summed E-state index contributed by atoms with van der Waals surface area (Å²) >= 11 is 0. The number of carbonyl (C=O) groups excluding carboxylic acids is 1. The van der Waals surface area contributed by atoms with Crippen LogP contribution in [-0.4, -0.2) is 35.8 Å². The van der Waals surface area contributed by atoms with Crippen molar-refractivity contribution in [3.63, 3.8) is 0 Å². The summed E-state index contributed by atoms with van der Waals surface area (Å²) in [6.07, 6.45) is 4.67. The molecule has 1 aliphatic heterocycles. The third-order valence-electron chi connectivity index (χ3n) is 5.56. The van der Waals surface area contributed by atoms with Crippen LogP contribution in [0.5, 0.6) is 0 Å². The maximum absolute atomic E-state index is 13.0. The Hall–Kier alpha value is -3.15. The summed E-state index contributed by atoms with van der Waals surface area (Å²) in [5.41, 5.74) is 0.563. The summed E-state index contributed by atoms with van der Waals surface area (Å²) in [5, 5.41) is 6.13. The maximum atomic E-state index is 13.0. The molecule has 6 heteroatoms. The Morgan fingerprint density at radius 1 is 0.931 bits per heavy atom. The van der Waals surface area contributed by atoms with Crippen LogP contribution in [0, 0.1) is 0 Å². The second-order valence-corrected chi connectivity index (χ2v) is 7.52. The van der Waals surface area contributed by atoms with Gasteiger partial charge in [0, 0.05) is 31.2 Å². The summed E-state index contributed by atoms with van der Waals surface area (Å²) in [6, 6.07) is 17.0. The highest BCUT2D eigenvalue weighted by Crippen LogP contribution is 2.24. The number of hydrogen-bond donors (Lipinski definition) is 0. The van der Waals surface area contributed by atoms with Gasteiger partial charge in [0.2, 0.25) is 5.91 Å². The van der Waals surface area contributed by atoms with Gasteiger partial charge in [0.15, 0.2) is 5.82 Å². The van der Waals surface area contributed by atoms with Crippen LogP contribution >= 0.6 is 0 Å². The van der Waals surface area contributed by atoms with E-state index < -0.39 is 0 Å². The molecule has 3 aromatic rings. The lowest BCUT2D eigenvalue weighted by Crippen LogP contribution is -2.36. The van der Waals surface area contributed by atoms with Crippen molar-refractivity contribution in [2.24, 2.45) is 0 Å². The normalized spacial score (nSPS) is 14.6. The van der Waals surface area contributed by atoms with Crippen LogP contribution in [-0.2, 0) is 11.3 Å². The van der Waals surface area contributed by atoms with Gasteiger partial charge in [-0.3, -0.25) is 9.59 Å². The van der Waals surface area contributed by atoms with Crippen LogP contribution in [0.4, 0.5) is 11.5 Å². The first kappa shape index (κ1) is 19.2. The van der Waals surface area contributed by atoms with E-state index >= 15 is 0 Å². The molecule has 0 atom stereocenters. The lowest BCUT2D eigenvalue weighted by atomic mass is 10.1. The molecule has 0 unspecified atom stereocenters. The molecule has 1 aromatic heterocycles. The topological polar surface area (TPSA) is 58.4 Å². The average Bonchev–Trinajstić information content (AvgIpc) is 3.05. The van der Waals surface area contributed by atoms with E-state index in [9.17, 15) is 9.59 Å². The highest BCUT2D eigenvalue weighted by atomic mass is 16.2. The minimum absolute atomic E-state index is 0.0874. The van der Waals surface area contributed by atoms with Crippen molar-refractivity contribution in [1.29, 1.82) is 0 Å². The molecule has 0 radical (unpaired) electrons. The Morgan fingerprint density at radius 2 is 1.55 bits per heavy atom. The quantitative estimate of drug-likeness (QED) is 0.685. The summed E-state index contributed by atoms with van der Waals surface area (Å²) in [6.45, 7) is 1.76. The van der Waals surface area contributed by atoms with Crippen molar-refractivity contribution in [2.75, 3.05) is 29.9 Å². The van der Waals surface area contributed by atoms with Gasteiger partial charge in [-0.2, -0.15) is 5.10 Å². The lowest BCUT2D eigenvalue weighted by molar-refractivity contribution is -0.119. The van der Waals surface area contributed by atoms with Crippen LogP contribution in [0.1, 0.15) is 25.7 Å². The van der Waals surface area contributed by atoms with E-state index in [1.807, 2.05) is 54.6 Å². The van der Waals surface area contributed by atoms with Gasteiger partial charge in [0.25, 0.3) is 5.56 Å². The predicted molar refractivity (Wildman–Crippen MR) is 117 cm³/mol. The smallest absolute Gasteiger partial charge is 0.275 e. The molecule has 4 rings (SSSR count). The fourth-order valence-electron chi connectivity index (χ4n) is 3.87.